The van der Waals surface area contributed by atoms with E-state index in [9.17, 15) is 5.11 Å². The SMILES string of the molecule is CCC(O)c1ccncn1. The first-order chi connectivity index (χ1) is 4.84. The van der Waals surface area contributed by atoms with Crippen LogP contribution in [0.15, 0.2) is 18.6 Å². The fraction of sp³-hybridized carbons (Fsp3) is 0.429. The molecular formula is C7H10N2O. The lowest BCUT2D eigenvalue weighted by atomic mass is 10.2. The molecule has 1 aromatic heterocycles. The van der Waals surface area contributed by atoms with Crippen molar-refractivity contribution in [1.82, 2.24) is 9.97 Å². The minimum absolute atomic E-state index is 0.442. The maximum absolute atomic E-state index is 9.24. The molecular weight excluding hydrogens is 128 g/mol. The molecule has 10 heavy (non-hydrogen) atoms. The zero-order chi connectivity index (χ0) is 7.40. The smallest absolute Gasteiger partial charge is 0.115 e. The average molecular weight is 138 g/mol. The molecule has 0 aliphatic rings. The second-order valence-electron chi connectivity index (χ2n) is 2.06. The molecule has 1 N–H and O–H groups in total. The van der Waals surface area contributed by atoms with Gasteiger partial charge >= 0.3 is 0 Å². The molecule has 1 aromatic rings. The molecule has 0 saturated heterocycles. The highest BCUT2D eigenvalue weighted by Crippen LogP contribution is 2.10. The summed E-state index contributed by atoms with van der Waals surface area (Å²) in [7, 11) is 0. The van der Waals surface area contributed by atoms with E-state index in [0.717, 1.165) is 0 Å². The van der Waals surface area contributed by atoms with E-state index in [1.165, 1.54) is 6.33 Å². The van der Waals surface area contributed by atoms with Crippen LogP contribution in [0, 0.1) is 0 Å². The molecule has 3 heteroatoms. The fourth-order valence-corrected chi connectivity index (χ4v) is 0.707. The van der Waals surface area contributed by atoms with Crippen molar-refractivity contribution < 1.29 is 5.11 Å². The molecule has 1 rings (SSSR count). The Labute approximate surface area is 59.8 Å². The van der Waals surface area contributed by atoms with Crippen molar-refractivity contribution in [2.75, 3.05) is 0 Å². The fourth-order valence-electron chi connectivity index (χ4n) is 0.707. The highest BCUT2D eigenvalue weighted by molar-refractivity contribution is 5.00. The first-order valence-corrected chi connectivity index (χ1v) is 3.28. The van der Waals surface area contributed by atoms with E-state index in [0.29, 0.717) is 12.1 Å². The lowest BCUT2D eigenvalue weighted by Gasteiger charge is -2.03. The third-order valence-corrected chi connectivity index (χ3v) is 1.33. The minimum atomic E-state index is -0.442. The van der Waals surface area contributed by atoms with Crippen molar-refractivity contribution >= 4 is 0 Å². The number of aromatic nitrogens is 2. The number of aliphatic hydroxyl groups excluding tert-OH is 1. The van der Waals surface area contributed by atoms with Gasteiger partial charge in [0.2, 0.25) is 0 Å². The predicted molar refractivity (Wildman–Crippen MR) is 37.3 cm³/mol. The van der Waals surface area contributed by atoms with Gasteiger partial charge in [0.15, 0.2) is 0 Å². The summed E-state index contributed by atoms with van der Waals surface area (Å²) in [6, 6.07) is 1.72. The summed E-state index contributed by atoms with van der Waals surface area (Å²) in [5.41, 5.74) is 0.692. The maximum Gasteiger partial charge on any atom is 0.115 e. The van der Waals surface area contributed by atoms with E-state index in [1.807, 2.05) is 6.92 Å². The first kappa shape index (κ1) is 7.15. The van der Waals surface area contributed by atoms with Gasteiger partial charge in [-0.3, -0.25) is 0 Å². The van der Waals surface area contributed by atoms with Gasteiger partial charge in [-0.2, -0.15) is 0 Å². The van der Waals surface area contributed by atoms with Crippen LogP contribution in [0.3, 0.4) is 0 Å². The summed E-state index contributed by atoms with van der Waals surface area (Å²) in [5.74, 6) is 0. The molecule has 0 fully saturated rings. The highest BCUT2D eigenvalue weighted by atomic mass is 16.3. The monoisotopic (exact) mass is 138 g/mol. The van der Waals surface area contributed by atoms with Gasteiger partial charge in [0.25, 0.3) is 0 Å². The van der Waals surface area contributed by atoms with Gasteiger partial charge in [-0.1, -0.05) is 6.92 Å². The summed E-state index contributed by atoms with van der Waals surface area (Å²) in [4.78, 5) is 7.63. The van der Waals surface area contributed by atoms with Gasteiger partial charge in [-0.05, 0) is 12.5 Å². The standard InChI is InChI=1S/C7H10N2O/c1-2-7(10)6-3-4-8-5-9-6/h3-5,7,10H,2H2,1H3. The Bertz CT molecular complexity index is 188. The molecule has 0 aliphatic carbocycles. The van der Waals surface area contributed by atoms with Crippen LogP contribution in [0.1, 0.15) is 25.1 Å². The molecule has 0 saturated carbocycles. The van der Waals surface area contributed by atoms with Crippen molar-refractivity contribution in [1.29, 1.82) is 0 Å². The first-order valence-electron chi connectivity index (χ1n) is 3.28. The topological polar surface area (TPSA) is 46.0 Å². The van der Waals surface area contributed by atoms with Crippen LogP contribution in [0.5, 0.6) is 0 Å². The van der Waals surface area contributed by atoms with Crippen LogP contribution < -0.4 is 0 Å². The number of aliphatic hydroxyl groups is 1. The van der Waals surface area contributed by atoms with E-state index in [-0.39, 0.29) is 0 Å². The lowest BCUT2D eigenvalue weighted by Crippen LogP contribution is -1.97. The number of hydrogen-bond donors (Lipinski definition) is 1. The van der Waals surface area contributed by atoms with Crippen molar-refractivity contribution in [3.8, 4) is 0 Å². The summed E-state index contributed by atoms with van der Waals surface area (Å²) in [5, 5.41) is 9.24. The van der Waals surface area contributed by atoms with Crippen molar-refractivity contribution in [2.24, 2.45) is 0 Å². The Morgan fingerprint density at radius 2 is 2.50 bits per heavy atom. The van der Waals surface area contributed by atoms with Crippen molar-refractivity contribution in [2.45, 2.75) is 19.4 Å². The molecule has 0 aliphatic heterocycles. The predicted octanol–water partition coefficient (Wildman–Crippen LogP) is 0.920. The summed E-state index contributed by atoms with van der Waals surface area (Å²) < 4.78 is 0. The molecule has 3 nitrogen and oxygen atoms in total. The summed E-state index contributed by atoms with van der Waals surface area (Å²) >= 11 is 0. The van der Waals surface area contributed by atoms with Crippen LogP contribution in [0.2, 0.25) is 0 Å². The van der Waals surface area contributed by atoms with E-state index in [2.05, 4.69) is 9.97 Å². The average Bonchev–Trinajstić information content (AvgIpc) is 2.05. The van der Waals surface area contributed by atoms with E-state index in [1.54, 1.807) is 12.3 Å². The van der Waals surface area contributed by atoms with Crippen LogP contribution >= 0.6 is 0 Å². The molecule has 0 aromatic carbocycles. The van der Waals surface area contributed by atoms with E-state index in [4.69, 9.17) is 0 Å². The van der Waals surface area contributed by atoms with E-state index < -0.39 is 6.10 Å². The molecule has 0 radical (unpaired) electrons. The summed E-state index contributed by atoms with van der Waals surface area (Å²) in [6.07, 6.45) is 3.31. The minimum Gasteiger partial charge on any atom is -0.387 e. The van der Waals surface area contributed by atoms with Crippen LogP contribution in [0.25, 0.3) is 0 Å². The Kier molecular flexibility index (Phi) is 2.34. The molecule has 0 spiro atoms. The number of hydrogen-bond acceptors (Lipinski definition) is 3. The number of rotatable bonds is 2. The second kappa shape index (κ2) is 3.27. The molecule has 0 amide bonds. The van der Waals surface area contributed by atoms with E-state index >= 15 is 0 Å². The Morgan fingerprint density at radius 1 is 1.70 bits per heavy atom. The quantitative estimate of drug-likeness (QED) is 0.661. The zero-order valence-corrected chi connectivity index (χ0v) is 5.86. The molecule has 1 unspecified atom stereocenters. The highest BCUT2D eigenvalue weighted by Gasteiger charge is 2.03. The Hall–Kier alpha value is -0.960. The van der Waals surface area contributed by atoms with Crippen LogP contribution in [0.4, 0.5) is 0 Å². The van der Waals surface area contributed by atoms with Gasteiger partial charge in [-0.25, -0.2) is 9.97 Å². The van der Waals surface area contributed by atoms with Crippen molar-refractivity contribution in [3.05, 3.63) is 24.3 Å². The maximum atomic E-state index is 9.24. The third-order valence-electron chi connectivity index (χ3n) is 1.33. The number of nitrogens with zero attached hydrogens (tertiary/aromatic N) is 2. The lowest BCUT2D eigenvalue weighted by molar-refractivity contribution is 0.168. The molecule has 1 atom stereocenters. The Balaban J connectivity index is 2.75. The van der Waals surface area contributed by atoms with Crippen molar-refractivity contribution in [3.63, 3.8) is 0 Å². The van der Waals surface area contributed by atoms with Crippen LogP contribution in [-0.2, 0) is 0 Å². The third kappa shape index (κ3) is 1.51. The summed E-state index contributed by atoms with van der Waals surface area (Å²) in [6.45, 7) is 1.91. The largest absolute Gasteiger partial charge is 0.387 e. The van der Waals surface area contributed by atoms with Gasteiger partial charge in [0.1, 0.15) is 6.33 Å². The molecule has 54 valence electrons. The second-order valence-corrected chi connectivity index (χ2v) is 2.06. The van der Waals surface area contributed by atoms with Gasteiger partial charge in [0, 0.05) is 6.20 Å². The van der Waals surface area contributed by atoms with Gasteiger partial charge in [0.05, 0.1) is 11.8 Å². The zero-order valence-electron chi connectivity index (χ0n) is 5.86. The molecule has 1 heterocycles. The normalized spacial score (nSPS) is 13.0. The van der Waals surface area contributed by atoms with Gasteiger partial charge in [-0.15, -0.1) is 0 Å². The van der Waals surface area contributed by atoms with Crippen LogP contribution in [-0.4, -0.2) is 15.1 Å². The molecule has 0 bridgehead atoms. The van der Waals surface area contributed by atoms with Gasteiger partial charge < -0.3 is 5.11 Å². The Morgan fingerprint density at radius 3 is 3.00 bits per heavy atom.